The van der Waals surface area contributed by atoms with Crippen LogP contribution in [0.3, 0.4) is 0 Å². The van der Waals surface area contributed by atoms with E-state index in [4.69, 9.17) is 4.74 Å². The van der Waals surface area contributed by atoms with E-state index in [1.807, 2.05) is 20.8 Å². The van der Waals surface area contributed by atoms with Gasteiger partial charge in [-0.2, -0.15) is 0 Å². The number of amides is 1. The molecule has 0 spiro atoms. The van der Waals surface area contributed by atoms with Gasteiger partial charge in [-0.05, 0) is 31.7 Å². The Labute approximate surface area is 143 Å². The largest absolute Gasteiger partial charge is 0.464 e. The fraction of sp³-hybridized carbons (Fsp3) is 0.611. The Morgan fingerprint density at radius 3 is 2.33 bits per heavy atom. The Hall–Kier alpha value is -2.11. The topological polar surface area (TPSA) is 79.5 Å². The molecule has 0 radical (unpaired) electrons. The molecule has 0 saturated carbocycles. The van der Waals surface area contributed by atoms with Gasteiger partial charge in [0.2, 0.25) is 5.91 Å². The second-order valence-corrected chi connectivity index (χ2v) is 6.45. The summed E-state index contributed by atoms with van der Waals surface area (Å²) in [5, 5.41) is 0. The fourth-order valence-electron chi connectivity index (χ4n) is 2.77. The summed E-state index contributed by atoms with van der Waals surface area (Å²) in [6.07, 6.45) is 1.21. The summed E-state index contributed by atoms with van der Waals surface area (Å²) in [4.78, 5) is 41.3. The van der Waals surface area contributed by atoms with E-state index < -0.39 is 5.97 Å². The maximum atomic E-state index is 12.7. The fourth-order valence-corrected chi connectivity index (χ4v) is 2.77. The molecule has 0 aliphatic rings. The summed E-state index contributed by atoms with van der Waals surface area (Å²) >= 11 is 0. The van der Waals surface area contributed by atoms with Crippen molar-refractivity contribution in [2.45, 2.75) is 47.5 Å². The lowest BCUT2D eigenvalue weighted by Gasteiger charge is -2.22. The number of nitrogens with one attached hydrogen (secondary N) is 1. The summed E-state index contributed by atoms with van der Waals surface area (Å²) in [5.41, 5.74) is 1.94. The van der Waals surface area contributed by atoms with Gasteiger partial charge in [-0.25, -0.2) is 4.79 Å². The van der Waals surface area contributed by atoms with Crippen LogP contribution in [-0.4, -0.2) is 47.7 Å². The third-order valence-electron chi connectivity index (χ3n) is 3.87. The zero-order chi connectivity index (χ0) is 18.4. The average Bonchev–Trinajstić information content (AvgIpc) is 2.80. The highest BCUT2D eigenvalue weighted by Gasteiger charge is 2.25. The zero-order valence-electron chi connectivity index (χ0n) is 15.5. The van der Waals surface area contributed by atoms with Gasteiger partial charge >= 0.3 is 5.97 Å². The van der Waals surface area contributed by atoms with Crippen LogP contribution in [0, 0.1) is 19.8 Å². The first-order valence-corrected chi connectivity index (χ1v) is 8.31. The molecule has 134 valence electrons. The molecule has 0 bridgehead atoms. The summed E-state index contributed by atoms with van der Waals surface area (Å²) in [6.45, 7) is 9.96. The second-order valence-electron chi connectivity index (χ2n) is 6.45. The minimum absolute atomic E-state index is 0.0146. The van der Waals surface area contributed by atoms with Crippen molar-refractivity contribution < 1.29 is 19.1 Å². The number of carbonyl (C=O) groups excluding carboxylic acids is 3. The Balaban J connectivity index is 3.02. The van der Waals surface area contributed by atoms with E-state index in [1.54, 1.807) is 18.7 Å². The van der Waals surface area contributed by atoms with Crippen LogP contribution < -0.4 is 0 Å². The standard InChI is InChI=1S/C18H28N2O4/c1-7-8-20(15(22)9-11(2)3)10-14(21)16-12(4)17(18(23)24-6)19-13(16)5/h11,19H,7-10H2,1-6H3. The molecule has 0 atom stereocenters. The Kier molecular flexibility index (Phi) is 7.19. The van der Waals surface area contributed by atoms with Crippen molar-refractivity contribution in [1.82, 2.24) is 9.88 Å². The number of hydrogen-bond acceptors (Lipinski definition) is 4. The number of aromatic nitrogens is 1. The molecule has 0 unspecified atom stereocenters. The van der Waals surface area contributed by atoms with E-state index in [9.17, 15) is 14.4 Å². The number of esters is 1. The predicted molar refractivity (Wildman–Crippen MR) is 92.3 cm³/mol. The van der Waals surface area contributed by atoms with Crippen LogP contribution in [0.15, 0.2) is 0 Å². The van der Waals surface area contributed by atoms with Gasteiger partial charge in [0.1, 0.15) is 5.69 Å². The Morgan fingerprint density at radius 2 is 1.83 bits per heavy atom. The minimum atomic E-state index is -0.504. The normalized spacial score (nSPS) is 10.8. The van der Waals surface area contributed by atoms with E-state index in [0.717, 1.165) is 6.42 Å². The molecule has 6 heteroatoms. The second kappa shape index (κ2) is 8.66. The summed E-state index contributed by atoms with van der Waals surface area (Å²) in [7, 11) is 1.30. The average molecular weight is 336 g/mol. The number of aromatic amines is 1. The lowest BCUT2D eigenvalue weighted by molar-refractivity contribution is -0.131. The number of rotatable bonds is 8. The molecule has 1 heterocycles. The monoisotopic (exact) mass is 336 g/mol. The van der Waals surface area contributed by atoms with Gasteiger partial charge in [0, 0.05) is 24.2 Å². The van der Waals surface area contributed by atoms with Crippen molar-refractivity contribution in [3.63, 3.8) is 0 Å². The summed E-state index contributed by atoms with van der Waals surface area (Å²) in [6, 6.07) is 0. The van der Waals surface area contributed by atoms with Gasteiger partial charge in [-0.1, -0.05) is 20.8 Å². The summed E-state index contributed by atoms with van der Waals surface area (Å²) < 4.78 is 4.72. The smallest absolute Gasteiger partial charge is 0.354 e. The lowest BCUT2D eigenvalue weighted by Crippen LogP contribution is -2.37. The molecule has 0 aromatic carbocycles. The third-order valence-corrected chi connectivity index (χ3v) is 3.87. The van der Waals surface area contributed by atoms with Gasteiger partial charge in [0.25, 0.3) is 0 Å². The highest BCUT2D eigenvalue weighted by atomic mass is 16.5. The van der Waals surface area contributed by atoms with Gasteiger partial charge in [-0.3, -0.25) is 9.59 Å². The first-order valence-electron chi connectivity index (χ1n) is 8.31. The molecule has 1 rings (SSSR count). The number of ketones is 1. The van der Waals surface area contributed by atoms with Crippen molar-refractivity contribution in [3.8, 4) is 0 Å². The van der Waals surface area contributed by atoms with Crippen LogP contribution in [-0.2, 0) is 9.53 Å². The highest BCUT2D eigenvalue weighted by Crippen LogP contribution is 2.20. The van der Waals surface area contributed by atoms with Gasteiger partial charge < -0.3 is 14.6 Å². The number of Topliss-reactive ketones (excluding diaryl/α,β-unsaturated/α-hetero) is 1. The van der Waals surface area contributed by atoms with Crippen molar-refractivity contribution in [1.29, 1.82) is 0 Å². The first-order chi connectivity index (χ1) is 11.2. The number of nitrogens with zero attached hydrogens (tertiary/aromatic N) is 1. The third kappa shape index (κ3) is 4.69. The molecule has 0 aliphatic heterocycles. The molecular weight excluding hydrogens is 308 g/mol. The van der Waals surface area contributed by atoms with Crippen LogP contribution in [0.2, 0.25) is 0 Å². The molecule has 1 aromatic heterocycles. The van der Waals surface area contributed by atoms with E-state index in [-0.39, 0.29) is 29.8 Å². The van der Waals surface area contributed by atoms with Gasteiger partial charge in [-0.15, -0.1) is 0 Å². The van der Waals surface area contributed by atoms with Crippen molar-refractivity contribution in [2.24, 2.45) is 5.92 Å². The number of carbonyl (C=O) groups is 3. The van der Waals surface area contributed by atoms with Crippen LogP contribution in [0.1, 0.15) is 65.7 Å². The van der Waals surface area contributed by atoms with Crippen LogP contribution in [0.5, 0.6) is 0 Å². The van der Waals surface area contributed by atoms with Crippen LogP contribution in [0.25, 0.3) is 0 Å². The molecule has 1 aromatic rings. The van der Waals surface area contributed by atoms with E-state index in [2.05, 4.69) is 4.98 Å². The number of hydrogen-bond donors (Lipinski definition) is 1. The van der Waals surface area contributed by atoms with Crippen LogP contribution in [0.4, 0.5) is 0 Å². The molecule has 0 aliphatic carbocycles. The zero-order valence-corrected chi connectivity index (χ0v) is 15.5. The van der Waals surface area contributed by atoms with Gasteiger partial charge in [0.15, 0.2) is 5.78 Å². The molecule has 6 nitrogen and oxygen atoms in total. The van der Waals surface area contributed by atoms with E-state index in [0.29, 0.717) is 29.8 Å². The number of ether oxygens (including phenoxy) is 1. The summed E-state index contributed by atoms with van der Waals surface area (Å²) in [5.74, 6) is -0.439. The van der Waals surface area contributed by atoms with E-state index >= 15 is 0 Å². The first kappa shape index (κ1) is 19.9. The minimum Gasteiger partial charge on any atom is -0.464 e. The SMILES string of the molecule is CCCN(CC(=O)c1c(C)[nH]c(C(=O)OC)c1C)C(=O)CC(C)C. The Morgan fingerprint density at radius 1 is 1.21 bits per heavy atom. The van der Waals surface area contributed by atoms with Gasteiger partial charge in [0.05, 0.1) is 13.7 Å². The maximum Gasteiger partial charge on any atom is 0.354 e. The van der Waals surface area contributed by atoms with Crippen molar-refractivity contribution in [3.05, 3.63) is 22.5 Å². The molecular formula is C18H28N2O4. The predicted octanol–water partition coefficient (Wildman–Crippen LogP) is 2.89. The van der Waals surface area contributed by atoms with E-state index in [1.165, 1.54) is 7.11 Å². The number of methoxy groups -OCH3 is 1. The molecule has 0 fully saturated rings. The molecule has 0 saturated heterocycles. The quantitative estimate of drug-likeness (QED) is 0.585. The van der Waals surface area contributed by atoms with Crippen LogP contribution >= 0.6 is 0 Å². The Bertz CT molecular complexity index is 617. The number of aryl methyl sites for hydroxylation is 1. The highest BCUT2D eigenvalue weighted by molar-refractivity contribution is 6.04. The molecule has 24 heavy (non-hydrogen) atoms. The van der Waals surface area contributed by atoms with Crippen molar-refractivity contribution in [2.75, 3.05) is 20.2 Å². The lowest BCUT2D eigenvalue weighted by atomic mass is 10.0. The number of H-pyrrole nitrogens is 1. The molecule has 1 N–H and O–H groups in total. The van der Waals surface area contributed by atoms with Crippen molar-refractivity contribution >= 4 is 17.7 Å². The molecule has 1 amide bonds. The maximum absolute atomic E-state index is 12.7.